The van der Waals surface area contributed by atoms with E-state index < -0.39 is 23.4 Å². The fourth-order valence-electron chi connectivity index (χ4n) is 2.57. The van der Waals surface area contributed by atoms with Crippen LogP contribution < -0.4 is 4.74 Å². The van der Waals surface area contributed by atoms with Crippen molar-refractivity contribution in [3.8, 4) is 16.9 Å². The Morgan fingerprint density at radius 2 is 1.64 bits per heavy atom. The summed E-state index contributed by atoms with van der Waals surface area (Å²) in [5.41, 5.74) is 0.337. The minimum Gasteiger partial charge on any atom is -0.481 e. The predicted molar refractivity (Wildman–Crippen MR) is 105 cm³/mol. The highest BCUT2D eigenvalue weighted by atomic mass is 35.5. The smallest absolute Gasteiger partial charge is 0.316 e. The van der Waals surface area contributed by atoms with Gasteiger partial charge < -0.3 is 9.84 Å². The average molecular weight is 399 g/mol. The Hall–Kier alpha value is -3.12. The van der Waals surface area contributed by atoms with Crippen molar-refractivity contribution in [1.82, 2.24) is 9.55 Å². The van der Waals surface area contributed by atoms with E-state index in [1.165, 1.54) is 30.9 Å². The van der Waals surface area contributed by atoms with Crippen LogP contribution >= 0.6 is 11.6 Å². The number of hydrogen-bond acceptors (Lipinski definition) is 4. The number of hydrogen-bond donors (Lipinski definition) is 1. The number of halogens is 1. The normalized spacial score (nSPS) is 12.4. The molecule has 0 aliphatic carbocycles. The first-order valence-corrected chi connectivity index (χ1v) is 8.94. The molecular formula is C21H19ClN2O4. The zero-order valence-corrected chi connectivity index (χ0v) is 16.1. The first-order chi connectivity index (χ1) is 13.3. The van der Waals surface area contributed by atoms with Crippen molar-refractivity contribution in [2.45, 2.75) is 20.1 Å². The van der Waals surface area contributed by atoms with E-state index in [4.69, 9.17) is 16.3 Å². The molecule has 3 aromatic rings. The van der Waals surface area contributed by atoms with Gasteiger partial charge >= 0.3 is 5.97 Å². The second-order valence-electron chi connectivity index (χ2n) is 6.81. The van der Waals surface area contributed by atoms with Gasteiger partial charge in [-0.2, -0.15) is 0 Å². The van der Waals surface area contributed by atoms with Crippen LogP contribution in [0, 0.1) is 5.41 Å². The molecule has 1 aromatic heterocycles. The van der Waals surface area contributed by atoms with Crippen molar-refractivity contribution in [1.29, 1.82) is 0 Å². The predicted octanol–water partition coefficient (Wildman–Crippen LogP) is 4.46. The van der Waals surface area contributed by atoms with Gasteiger partial charge in [0.15, 0.2) is 0 Å². The van der Waals surface area contributed by atoms with Crippen molar-refractivity contribution in [3.63, 3.8) is 0 Å². The first kappa shape index (κ1) is 19.6. The van der Waals surface area contributed by atoms with E-state index in [2.05, 4.69) is 4.98 Å². The highest BCUT2D eigenvalue weighted by Crippen LogP contribution is 2.29. The lowest BCUT2D eigenvalue weighted by atomic mass is 9.87. The highest BCUT2D eigenvalue weighted by Gasteiger charge is 2.42. The van der Waals surface area contributed by atoms with Gasteiger partial charge in [0, 0.05) is 17.4 Å². The monoisotopic (exact) mass is 398 g/mol. The lowest BCUT2D eigenvalue weighted by molar-refractivity contribution is -0.157. The maximum atomic E-state index is 12.9. The maximum Gasteiger partial charge on any atom is 0.316 e. The van der Waals surface area contributed by atoms with Gasteiger partial charge in [-0.25, -0.2) is 4.98 Å². The summed E-state index contributed by atoms with van der Waals surface area (Å²) in [4.78, 5) is 28.3. The topological polar surface area (TPSA) is 81.4 Å². The van der Waals surface area contributed by atoms with Crippen molar-refractivity contribution in [3.05, 3.63) is 72.3 Å². The van der Waals surface area contributed by atoms with Crippen molar-refractivity contribution >= 4 is 23.4 Å². The Bertz CT molecular complexity index is 965. The molecule has 0 fully saturated rings. The molecule has 0 bridgehead atoms. The van der Waals surface area contributed by atoms with E-state index in [0.29, 0.717) is 10.8 Å². The fraction of sp³-hybridized carbons (Fsp3) is 0.190. The van der Waals surface area contributed by atoms with E-state index in [9.17, 15) is 14.7 Å². The van der Waals surface area contributed by atoms with Crippen LogP contribution in [-0.4, -0.2) is 26.4 Å². The van der Waals surface area contributed by atoms with Gasteiger partial charge in [0.1, 0.15) is 11.2 Å². The maximum absolute atomic E-state index is 12.9. The van der Waals surface area contributed by atoms with E-state index in [-0.39, 0.29) is 0 Å². The molecule has 1 N–H and O–H groups in total. The molecule has 1 unspecified atom stereocenters. The molecular weight excluding hydrogens is 380 g/mol. The van der Waals surface area contributed by atoms with Crippen LogP contribution in [-0.2, 0) is 9.59 Å². The number of aromatic nitrogens is 2. The number of Topliss-reactive ketones (excluding diaryl/α,β-unsaturated/α-hetero) is 1. The molecule has 1 heterocycles. The molecule has 28 heavy (non-hydrogen) atoms. The van der Waals surface area contributed by atoms with Gasteiger partial charge in [0.05, 0.1) is 6.33 Å². The number of nitrogens with zero attached hydrogens (tertiary/aromatic N) is 2. The molecule has 144 valence electrons. The minimum absolute atomic E-state index is 0.436. The van der Waals surface area contributed by atoms with E-state index >= 15 is 0 Å². The molecule has 0 saturated carbocycles. The van der Waals surface area contributed by atoms with Gasteiger partial charge in [0.2, 0.25) is 12.0 Å². The number of carbonyl (C=O) groups excluding carboxylic acids is 1. The summed E-state index contributed by atoms with van der Waals surface area (Å²) in [7, 11) is 0. The Kier molecular flexibility index (Phi) is 5.51. The summed E-state index contributed by atoms with van der Waals surface area (Å²) in [6.07, 6.45) is 3.33. The second kappa shape index (κ2) is 7.86. The van der Waals surface area contributed by atoms with Crippen LogP contribution in [0.2, 0.25) is 5.02 Å². The number of ketones is 1. The van der Waals surface area contributed by atoms with Crippen LogP contribution in [0.15, 0.2) is 67.3 Å². The molecule has 0 saturated heterocycles. The molecule has 1 atom stereocenters. The Balaban J connectivity index is 1.86. The minimum atomic E-state index is -1.61. The van der Waals surface area contributed by atoms with Crippen molar-refractivity contribution in [2.24, 2.45) is 5.41 Å². The van der Waals surface area contributed by atoms with Gasteiger partial charge in [-0.15, -0.1) is 0 Å². The third-order valence-corrected chi connectivity index (χ3v) is 4.70. The quantitative estimate of drug-likeness (QED) is 0.594. The third kappa shape index (κ3) is 4.07. The Labute approximate surface area is 167 Å². The van der Waals surface area contributed by atoms with E-state index in [1.54, 1.807) is 18.3 Å². The van der Waals surface area contributed by atoms with Crippen LogP contribution in [0.4, 0.5) is 0 Å². The molecule has 0 spiro atoms. The second-order valence-corrected chi connectivity index (χ2v) is 7.24. The Morgan fingerprint density at radius 1 is 1.07 bits per heavy atom. The fourth-order valence-corrected chi connectivity index (χ4v) is 2.70. The van der Waals surface area contributed by atoms with Gasteiger partial charge in [-0.05, 0) is 49.2 Å². The first-order valence-electron chi connectivity index (χ1n) is 8.57. The van der Waals surface area contributed by atoms with Crippen LogP contribution in [0.1, 0.15) is 20.1 Å². The number of ether oxygens (including phenoxy) is 1. The molecule has 0 amide bonds. The zero-order chi connectivity index (χ0) is 20.3. The standard InChI is InChI=1S/C21H19ClN2O4/c1-21(2,20(26)27)18(25)19(24-12-11-23-13-24)28-17-9-5-15(6-10-17)14-3-7-16(22)8-4-14/h3-13,19H,1-2H3,(H,26,27). The summed E-state index contributed by atoms with van der Waals surface area (Å²) < 4.78 is 7.30. The van der Waals surface area contributed by atoms with Gasteiger partial charge in [-0.1, -0.05) is 35.9 Å². The largest absolute Gasteiger partial charge is 0.481 e. The lowest BCUT2D eigenvalue weighted by Crippen LogP contribution is -2.40. The van der Waals surface area contributed by atoms with Crippen LogP contribution in [0.25, 0.3) is 11.1 Å². The highest BCUT2D eigenvalue weighted by molar-refractivity contribution is 6.30. The van der Waals surface area contributed by atoms with Crippen molar-refractivity contribution in [2.75, 3.05) is 0 Å². The van der Waals surface area contributed by atoms with Gasteiger partial charge in [0.25, 0.3) is 0 Å². The summed E-state index contributed by atoms with van der Waals surface area (Å²) in [5.74, 6) is -1.37. The number of carbonyl (C=O) groups is 2. The van der Waals surface area contributed by atoms with Gasteiger partial charge in [-0.3, -0.25) is 14.2 Å². The molecule has 7 heteroatoms. The molecule has 3 rings (SSSR count). The molecule has 0 aliphatic rings. The summed E-state index contributed by atoms with van der Waals surface area (Å²) in [5, 5.41) is 10.1. The number of benzene rings is 2. The van der Waals surface area contributed by atoms with Crippen molar-refractivity contribution < 1.29 is 19.4 Å². The SMILES string of the molecule is CC(C)(C(=O)O)C(=O)C(Oc1ccc(-c2ccc(Cl)cc2)cc1)n1ccnc1. The van der Waals surface area contributed by atoms with E-state index in [0.717, 1.165) is 11.1 Å². The number of aliphatic carboxylic acids is 1. The molecule has 0 radical (unpaired) electrons. The summed E-state index contributed by atoms with van der Waals surface area (Å²) >= 11 is 5.92. The molecule has 6 nitrogen and oxygen atoms in total. The lowest BCUT2D eigenvalue weighted by Gasteiger charge is -2.26. The number of rotatable bonds is 7. The number of imidazole rings is 1. The zero-order valence-electron chi connectivity index (χ0n) is 15.4. The van der Waals surface area contributed by atoms with Crippen LogP contribution in [0.3, 0.4) is 0 Å². The van der Waals surface area contributed by atoms with E-state index in [1.807, 2.05) is 36.4 Å². The third-order valence-electron chi connectivity index (χ3n) is 4.45. The summed E-state index contributed by atoms with van der Waals surface area (Å²) in [6, 6.07) is 14.6. The average Bonchev–Trinajstić information content (AvgIpc) is 3.21. The molecule has 2 aromatic carbocycles. The number of carboxylic acids is 1. The Morgan fingerprint density at radius 3 is 2.14 bits per heavy atom. The molecule has 0 aliphatic heterocycles. The summed E-state index contributed by atoms with van der Waals surface area (Å²) in [6.45, 7) is 2.71. The number of carboxylic acid groups (broad SMARTS) is 1. The van der Waals surface area contributed by atoms with Crippen LogP contribution in [0.5, 0.6) is 5.75 Å².